The van der Waals surface area contributed by atoms with Crippen LogP contribution in [0, 0.1) is 6.92 Å². The lowest BCUT2D eigenvalue weighted by Crippen LogP contribution is -2.49. The van der Waals surface area contributed by atoms with Gasteiger partial charge in [-0.05, 0) is 44.4 Å². The number of amides is 2. The van der Waals surface area contributed by atoms with Gasteiger partial charge < -0.3 is 9.80 Å². The summed E-state index contributed by atoms with van der Waals surface area (Å²) in [5.74, 6) is -0.162. The summed E-state index contributed by atoms with van der Waals surface area (Å²) in [4.78, 5) is 32.3. The number of benzene rings is 1. The minimum absolute atomic E-state index is 0.0267. The minimum Gasteiger partial charge on any atom is -0.332 e. The van der Waals surface area contributed by atoms with E-state index in [1.54, 1.807) is 23.2 Å². The molecule has 4 nitrogen and oxygen atoms in total. The van der Waals surface area contributed by atoms with Crippen LogP contribution in [-0.2, 0) is 22.7 Å². The standard InChI is InChI=1S/C24H31ClN2O2S/c1-18-13-14-22(30-18)16-26(15-20-9-5-3-6-10-20)23(28)17-27(24(29)19(2)25)21-11-7-4-8-12-21/h3,5-6,9-10,13-14,19,21H,4,7-8,11-12,15-17H2,1-2H3. The number of halogens is 1. The summed E-state index contributed by atoms with van der Waals surface area (Å²) in [6, 6.07) is 14.3. The Morgan fingerprint density at radius 1 is 1.07 bits per heavy atom. The van der Waals surface area contributed by atoms with Crippen molar-refractivity contribution in [1.82, 2.24) is 9.80 Å². The van der Waals surface area contributed by atoms with Gasteiger partial charge in [0.1, 0.15) is 11.9 Å². The molecule has 1 saturated carbocycles. The van der Waals surface area contributed by atoms with Gasteiger partial charge in [-0.25, -0.2) is 0 Å². The highest BCUT2D eigenvalue weighted by molar-refractivity contribution is 7.11. The summed E-state index contributed by atoms with van der Waals surface area (Å²) in [5.41, 5.74) is 1.08. The first-order valence-corrected chi connectivity index (χ1v) is 12.0. The van der Waals surface area contributed by atoms with Gasteiger partial charge in [-0.15, -0.1) is 22.9 Å². The Hall–Kier alpha value is -1.85. The first-order chi connectivity index (χ1) is 14.4. The maximum Gasteiger partial charge on any atom is 0.242 e. The molecule has 0 N–H and O–H groups in total. The van der Waals surface area contributed by atoms with E-state index in [9.17, 15) is 9.59 Å². The van der Waals surface area contributed by atoms with E-state index in [0.717, 1.165) is 36.1 Å². The topological polar surface area (TPSA) is 40.6 Å². The third kappa shape index (κ3) is 6.32. The minimum atomic E-state index is -0.623. The largest absolute Gasteiger partial charge is 0.332 e. The van der Waals surface area contributed by atoms with Crippen molar-refractivity contribution in [3.63, 3.8) is 0 Å². The number of aryl methyl sites for hydroxylation is 1. The molecule has 3 rings (SSSR count). The average Bonchev–Trinajstić information content (AvgIpc) is 3.16. The summed E-state index contributed by atoms with van der Waals surface area (Å²) in [6.45, 7) is 4.94. The fraction of sp³-hybridized carbons (Fsp3) is 0.500. The van der Waals surface area contributed by atoms with Crippen LogP contribution in [0.15, 0.2) is 42.5 Å². The second-order valence-electron chi connectivity index (χ2n) is 8.12. The van der Waals surface area contributed by atoms with Gasteiger partial charge in [0.2, 0.25) is 11.8 Å². The zero-order valence-electron chi connectivity index (χ0n) is 17.9. The van der Waals surface area contributed by atoms with Crippen LogP contribution in [0.25, 0.3) is 0 Å². The number of carbonyl (C=O) groups excluding carboxylic acids is 2. The summed E-state index contributed by atoms with van der Waals surface area (Å²) in [7, 11) is 0. The van der Waals surface area contributed by atoms with E-state index in [4.69, 9.17) is 11.6 Å². The smallest absolute Gasteiger partial charge is 0.242 e. The second-order valence-corrected chi connectivity index (χ2v) is 10.1. The van der Waals surface area contributed by atoms with E-state index in [2.05, 4.69) is 19.1 Å². The monoisotopic (exact) mass is 446 g/mol. The van der Waals surface area contributed by atoms with Crippen LogP contribution in [0.3, 0.4) is 0 Å². The van der Waals surface area contributed by atoms with E-state index in [1.807, 2.05) is 35.2 Å². The Bertz CT molecular complexity index is 831. The van der Waals surface area contributed by atoms with Crippen LogP contribution >= 0.6 is 22.9 Å². The molecule has 30 heavy (non-hydrogen) atoms. The molecule has 1 fully saturated rings. The zero-order valence-corrected chi connectivity index (χ0v) is 19.4. The van der Waals surface area contributed by atoms with Crippen LogP contribution in [-0.4, -0.2) is 39.6 Å². The van der Waals surface area contributed by atoms with Gasteiger partial charge in [-0.1, -0.05) is 49.6 Å². The normalized spacial score (nSPS) is 15.6. The van der Waals surface area contributed by atoms with E-state index < -0.39 is 5.38 Å². The van der Waals surface area contributed by atoms with Gasteiger partial charge in [-0.2, -0.15) is 0 Å². The number of alkyl halides is 1. The highest BCUT2D eigenvalue weighted by Crippen LogP contribution is 2.25. The predicted molar refractivity (Wildman–Crippen MR) is 124 cm³/mol. The Balaban J connectivity index is 1.78. The molecule has 1 atom stereocenters. The molecule has 1 aliphatic rings. The van der Waals surface area contributed by atoms with Gasteiger partial charge in [-0.3, -0.25) is 9.59 Å². The molecule has 1 aliphatic carbocycles. The van der Waals surface area contributed by atoms with Gasteiger partial charge in [0.25, 0.3) is 0 Å². The van der Waals surface area contributed by atoms with Crippen molar-refractivity contribution >= 4 is 34.8 Å². The highest BCUT2D eigenvalue weighted by Gasteiger charge is 2.31. The molecule has 1 aromatic carbocycles. The van der Waals surface area contributed by atoms with E-state index >= 15 is 0 Å². The summed E-state index contributed by atoms with van der Waals surface area (Å²) in [5, 5.41) is -0.623. The Morgan fingerprint density at radius 3 is 2.37 bits per heavy atom. The molecular formula is C24H31ClN2O2S. The quantitative estimate of drug-likeness (QED) is 0.511. The maximum atomic E-state index is 13.4. The molecule has 0 spiro atoms. The Labute approximate surface area is 188 Å². The summed E-state index contributed by atoms with van der Waals surface area (Å²) in [6.07, 6.45) is 5.29. The number of thiophene rings is 1. The number of hydrogen-bond donors (Lipinski definition) is 0. The summed E-state index contributed by atoms with van der Waals surface area (Å²) < 4.78 is 0. The van der Waals surface area contributed by atoms with E-state index in [1.165, 1.54) is 11.3 Å². The van der Waals surface area contributed by atoms with Crippen LogP contribution in [0.2, 0.25) is 0 Å². The van der Waals surface area contributed by atoms with Crippen LogP contribution in [0.1, 0.15) is 54.3 Å². The van der Waals surface area contributed by atoms with Crippen molar-refractivity contribution < 1.29 is 9.59 Å². The number of nitrogens with zero attached hydrogens (tertiary/aromatic N) is 2. The first-order valence-electron chi connectivity index (χ1n) is 10.8. The van der Waals surface area contributed by atoms with Crippen molar-refractivity contribution in [3.8, 4) is 0 Å². The van der Waals surface area contributed by atoms with Crippen molar-refractivity contribution in [2.45, 2.75) is 70.5 Å². The number of hydrogen-bond acceptors (Lipinski definition) is 3. The van der Waals surface area contributed by atoms with Crippen LogP contribution in [0.5, 0.6) is 0 Å². The molecular weight excluding hydrogens is 416 g/mol. The molecule has 0 saturated heterocycles. The van der Waals surface area contributed by atoms with Crippen molar-refractivity contribution in [2.24, 2.45) is 0 Å². The molecule has 1 aromatic heterocycles. The van der Waals surface area contributed by atoms with Gasteiger partial charge in [0, 0.05) is 22.3 Å². The van der Waals surface area contributed by atoms with Gasteiger partial charge >= 0.3 is 0 Å². The molecule has 2 amide bonds. The second kappa shape index (κ2) is 11.0. The lowest BCUT2D eigenvalue weighted by molar-refractivity contribution is -0.143. The molecule has 0 aliphatic heterocycles. The fourth-order valence-corrected chi connectivity index (χ4v) is 5.08. The molecule has 0 radical (unpaired) electrons. The Kier molecular flexibility index (Phi) is 8.34. The van der Waals surface area contributed by atoms with Crippen molar-refractivity contribution in [3.05, 3.63) is 57.8 Å². The van der Waals surface area contributed by atoms with Crippen molar-refractivity contribution in [1.29, 1.82) is 0 Å². The third-order valence-electron chi connectivity index (χ3n) is 5.66. The zero-order chi connectivity index (χ0) is 21.5. The van der Waals surface area contributed by atoms with Gasteiger partial charge in [0.05, 0.1) is 6.54 Å². The van der Waals surface area contributed by atoms with Crippen LogP contribution < -0.4 is 0 Å². The molecule has 2 aromatic rings. The SMILES string of the molecule is Cc1ccc(CN(Cc2ccccc2)C(=O)CN(C(=O)C(C)Cl)C2CCCCC2)s1. The molecule has 0 bridgehead atoms. The maximum absolute atomic E-state index is 13.4. The predicted octanol–water partition coefficient (Wildman–Crippen LogP) is 5.37. The van der Waals surface area contributed by atoms with Crippen molar-refractivity contribution in [2.75, 3.05) is 6.54 Å². The summed E-state index contributed by atoms with van der Waals surface area (Å²) >= 11 is 7.86. The van der Waals surface area contributed by atoms with E-state index in [0.29, 0.717) is 13.1 Å². The molecule has 6 heteroatoms. The number of carbonyl (C=O) groups is 2. The first kappa shape index (κ1) is 22.8. The third-order valence-corrected chi connectivity index (χ3v) is 6.83. The fourth-order valence-electron chi connectivity index (χ4n) is 4.05. The van der Waals surface area contributed by atoms with E-state index in [-0.39, 0.29) is 24.4 Å². The lowest BCUT2D eigenvalue weighted by Gasteiger charge is -2.36. The highest BCUT2D eigenvalue weighted by atomic mass is 35.5. The molecule has 162 valence electrons. The average molecular weight is 447 g/mol. The lowest BCUT2D eigenvalue weighted by atomic mass is 9.94. The molecule has 1 heterocycles. The molecule has 1 unspecified atom stereocenters. The van der Waals surface area contributed by atoms with Crippen LogP contribution in [0.4, 0.5) is 0 Å². The Morgan fingerprint density at radius 2 is 1.77 bits per heavy atom. The number of rotatable bonds is 8. The van der Waals surface area contributed by atoms with Gasteiger partial charge in [0.15, 0.2) is 0 Å².